The fraction of sp³-hybridized carbons (Fsp3) is 0.500. The highest BCUT2D eigenvalue weighted by Gasteiger charge is 2.21. The summed E-state index contributed by atoms with van der Waals surface area (Å²) >= 11 is 0. The number of nitrogens with one attached hydrogen (secondary N) is 2. The van der Waals surface area contributed by atoms with Crippen molar-refractivity contribution in [2.75, 3.05) is 7.05 Å². The molecule has 1 amide bonds. The average molecular weight is 311 g/mol. The van der Waals surface area contributed by atoms with Crippen molar-refractivity contribution in [2.24, 2.45) is 0 Å². The lowest BCUT2D eigenvalue weighted by Crippen LogP contribution is -2.26. The summed E-state index contributed by atoms with van der Waals surface area (Å²) in [6, 6.07) is 2.95. The molecule has 0 spiro atoms. The minimum Gasteiger partial charge on any atom is -0.334 e. The van der Waals surface area contributed by atoms with E-state index in [2.05, 4.69) is 20.4 Å². The number of hydrogen-bond donors (Lipinski definition) is 2. The first-order valence-corrected chi connectivity index (χ1v) is 6.82. The van der Waals surface area contributed by atoms with E-state index in [-0.39, 0.29) is 16.8 Å². The summed E-state index contributed by atoms with van der Waals surface area (Å²) in [7, 11) is 1.58. The SMILES string of the molecule is CN(Cc1cc(C(C)(C)C)n[nH]1)C(=O)c1cc(C(F)F)[nH]n1. The van der Waals surface area contributed by atoms with Gasteiger partial charge in [-0.15, -0.1) is 0 Å². The molecule has 0 aliphatic rings. The van der Waals surface area contributed by atoms with Gasteiger partial charge in [0, 0.05) is 12.5 Å². The monoisotopic (exact) mass is 311 g/mol. The average Bonchev–Trinajstić information content (AvgIpc) is 3.05. The smallest absolute Gasteiger partial charge is 0.279 e. The Morgan fingerprint density at radius 2 is 1.95 bits per heavy atom. The van der Waals surface area contributed by atoms with Gasteiger partial charge in [0.05, 0.1) is 17.9 Å². The van der Waals surface area contributed by atoms with Crippen LogP contribution in [0.1, 0.15) is 54.8 Å². The molecule has 6 nitrogen and oxygen atoms in total. The number of nitrogens with zero attached hydrogens (tertiary/aromatic N) is 3. The lowest BCUT2D eigenvalue weighted by Gasteiger charge is -2.15. The molecular weight excluding hydrogens is 292 g/mol. The Hall–Kier alpha value is -2.25. The standard InChI is InChI=1S/C14H19F2N5O/c1-14(2,3)11-5-8(17-20-11)7-21(4)13(22)10-6-9(12(15)16)18-19-10/h5-6,12H,7H2,1-4H3,(H,17,20)(H,18,19). The van der Waals surface area contributed by atoms with Gasteiger partial charge in [0.2, 0.25) is 0 Å². The Morgan fingerprint density at radius 1 is 1.27 bits per heavy atom. The molecule has 0 fully saturated rings. The highest BCUT2D eigenvalue weighted by Crippen LogP contribution is 2.21. The minimum atomic E-state index is -2.68. The lowest BCUT2D eigenvalue weighted by atomic mass is 9.92. The molecule has 2 aromatic rings. The third-order valence-electron chi connectivity index (χ3n) is 3.21. The van der Waals surface area contributed by atoms with Gasteiger partial charge in [-0.3, -0.25) is 15.0 Å². The van der Waals surface area contributed by atoms with Crippen LogP contribution in [0.2, 0.25) is 0 Å². The highest BCUT2D eigenvalue weighted by atomic mass is 19.3. The van der Waals surface area contributed by atoms with E-state index in [9.17, 15) is 13.6 Å². The number of carbonyl (C=O) groups is 1. The fourth-order valence-electron chi connectivity index (χ4n) is 1.91. The number of H-pyrrole nitrogens is 2. The maximum atomic E-state index is 12.5. The van der Waals surface area contributed by atoms with E-state index in [0.717, 1.165) is 17.5 Å². The number of alkyl halides is 2. The summed E-state index contributed by atoms with van der Waals surface area (Å²) in [6.45, 7) is 6.41. The van der Waals surface area contributed by atoms with Crippen LogP contribution in [0.15, 0.2) is 12.1 Å². The number of aromatic nitrogens is 4. The molecule has 0 saturated heterocycles. The quantitative estimate of drug-likeness (QED) is 0.911. The second kappa shape index (κ2) is 5.86. The maximum Gasteiger partial charge on any atom is 0.279 e. The Kier molecular flexibility index (Phi) is 4.30. The molecule has 2 heterocycles. The number of hydrogen-bond acceptors (Lipinski definition) is 3. The van der Waals surface area contributed by atoms with E-state index in [1.165, 1.54) is 4.90 Å². The van der Waals surface area contributed by atoms with Crippen molar-refractivity contribution in [3.05, 3.63) is 34.9 Å². The van der Waals surface area contributed by atoms with Crippen molar-refractivity contribution >= 4 is 5.91 Å². The minimum absolute atomic E-state index is 0.0339. The molecule has 0 aromatic carbocycles. The first-order valence-electron chi connectivity index (χ1n) is 6.82. The van der Waals surface area contributed by atoms with Gasteiger partial charge >= 0.3 is 0 Å². The molecule has 0 saturated carbocycles. The number of aromatic amines is 2. The molecule has 0 bridgehead atoms. The molecule has 2 rings (SSSR count). The Morgan fingerprint density at radius 3 is 2.45 bits per heavy atom. The largest absolute Gasteiger partial charge is 0.334 e. The van der Waals surface area contributed by atoms with E-state index in [0.29, 0.717) is 6.54 Å². The molecule has 0 aliphatic heterocycles. The molecule has 0 radical (unpaired) electrons. The van der Waals surface area contributed by atoms with Crippen molar-refractivity contribution in [2.45, 2.75) is 39.2 Å². The molecule has 2 aromatic heterocycles. The lowest BCUT2D eigenvalue weighted by molar-refractivity contribution is 0.0777. The second-order valence-electron chi connectivity index (χ2n) is 6.20. The maximum absolute atomic E-state index is 12.5. The van der Waals surface area contributed by atoms with E-state index in [4.69, 9.17) is 0 Å². The molecule has 120 valence electrons. The predicted octanol–water partition coefficient (Wildman–Crippen LogP) is 2.64. The zero-order valence-electron chi connectivity index (χ0n) is 12.9. The van der Waals surface area contributed by atoms with Gasteiger partial charge in [0.1, 0.15) is 5.69 Å². The summed E-state index contributed by atoms with van der Waals surface area (Å²) in [4.78, 5) is 13.5. The number of rotatable bonds is 4. The van der Waals surface area contributed by atoms with E-state index >= 15 is 0 Å². The van der Waals surface area contributed by atoms with Crippen LogP contribution >= 0.6 is 0 Å². The Balaban J connectivity index is 2.06. The molecule has 0 unspecified atom stereocenters. The molecule has 0 atom stereocenters. The molecule has 22 heavy (non-hydrogen) atoms. The number of carbonyl (C=O) groups excluding carboxylic acids is 1. The summed E-state index contributed by atoms with van der Waals surface area (Å²) in [5.74, 6) is -0.435. The number of amides is 1. The molecular formula is C14H19F2N5O. The van der Waals surface area contributed by atoms with Crippen LogP contribution in [0.25, 0.3) is 0 Å². The van der Waals surface area contributed by atoms with Crippen molar-refractivity contribution in [1.82, 2.24) is 25.3 Å². The van der Waals surface area contributed by atoms with Gasteiger partial charge in [0.25, 0.3) is 12.3 Å². The summed E-state index contributed by atoms with van der Waals surface area (Å²) in [5, 5.41) is 12.9. The molecule has 2 N–H and O–H groups in total. The normalized spacial score (nSPS) is 12.0. The summed E-state index contributed by atoms with van der Waals surface area (Å²) < 4.78 is 25.0. The third-order valence-corrected chi connectivity index (χ3v) is 3.21. The predicted molar refractivity (Wildman–Crippen MR) is 76.6 cm³/mol. The van der Waals surface area contributed by atoms with Crippen LogP contribution in [-0.4, -0.2) is 38.2 Å². The first kappa shape index (κ1) is 16.1. The zero-order chi connectivity index (χ0) is 16.5. The van der Waals surface area contributed by atoms with Crippen molar-refractivity contribution in [1.29, 1.82) is 0 Å². The van der Waals surface area contributed by atoms with E-state index in [1.54, 1.807) is 7.05 Å². The van der Waals surface area contributed by atoms with Crippen molar-refractivity contribution in [3.8, 4) is 0 Å². The van der Waals surface area contributed by atoms with Gasteiger partial charge in [-0.25, -0.2) is 8.78 Å². The van der Waals surface area contributed by atoms with Crippen LogP contribution in [0.4, 0.5) is 8.78 Å². The third kappa shape index (κ3) is 3.49. The van der Waals surface area contributed by atoms with Crippen LogP contribution in [-0.2, 0) is 12.0 Å². The first-order chi connectivity index (χ1) is 10.2. The second-order valence-corrected chi connectivity index (χ2v) is 6.20. The highest BCUT2D eigenvalue weighted by molar-refractivity contribution is 5.92. The van der Waals surface area contributed by atoms with Crippen LogP contribution in [0.3, 0.4) is 0 Å². The van der Waals surface area contributed by atoms with Gasteiger partial charge in [-0.05, 0) is 12.1 Å². The number of halogens is 2. The van der Waals surface area contributed by atoms with Crippen LogP contribution in [0.5, 0.6) is 0 Å². The Labute approximate surface area is 126 Å². The van der Waals surface area contributed by atoms with Crippen molar-refractivity contribution in [3.63, 3.8) is 0 Å². The summed E-state index contributed by atoms with van der Waals surface area (Å²) in [6.07, 6.45) is -2.68. The van der Waals surface area contributed by atoms with Crippen LogP contribution in [0, 0.1) is 0 Å². The molecule has 0 aliphatic carbocycles. The zero-order valence-corrected chi connectivity index (χ0v) is 12.9. The topological polar surface area (TPSA) is 77.7 Å². The van der Waals surface area contributed by atoms with Gasteiger partial charge < -0.3 is 4.90 Å². The van der Waals surface area contributed by atoms with Crippen molar-refractivity contribution < 1.29 is 13.6 Å². The van der Waals surface area contributed by atoms with Gasteiger partial charge in [0.15, 0.2) is 5.69 Å². The van der Waals surface area contributed by atoms with E-state index in [1.807, 2.05) is 26.8 Å². The Bertz CT molecular complexity index is 656. The van der Waals surface area contributed by atoms with Crippen LogP contribution < -0.4 is 0 Å². The summed E-state index contributed by atoms with van der Waals surface area (Å²) in [5.41, 5.74) is 1.17. The fourth-order valence-corrected chi connectivity index (χ4v) is 1.91. The van der Waals surface area contributed by atoms with Gasteiger partial charge in [-0.1, -0.05) is 20.8 Å². The van der Waals surface area contributed by atoms with E-state index < -0.39 is 12.3 Å². The van der Waals surface area contributed by atoms with Gasteiger partial charge in [-0.2, -0.15) is 10.2 Å². The molecule has 8 heteroatoms.